The Morgan fingerprint density at radius 3 is 2.88 bits per heavy atom. The molecule has 1 aliphatic rings. The maximum Gasteiger partial charge on any atom is 0.272 e. The Morgan fingerprint density at radius 1 is 1.24 bits per heavy atom. The molecule has 1 fully saturated rings. The van der Waals surface area contributed by atoms with Crippen molar-refractivity contribution >= 4 is 5.65 Å². The fraction of sp³-hybridized carbons (Fsp3) is 0.400. The van der Waals surface area contributed by atoms with Crippen LogP contribution in [0.1, 0.15) is 37.8 Å². The standard InChI is InChI=1S/C20H23N3O2/c1-25-17-9-5-8-15(11-17)18-13-21-23-19(24)12-16(22-20(18)23)10-14-6-3-2-4-7-14/h5,8-9,11-14,21H,2-4,6-7,10H2,1H3. The molecule has 1 N–H and O–H groups in total. The molecule has 2 aromatic heterocycles. The highest BCUT2D eigenvalue weighted by Gasteiger charge is 2.17. The van der Waals surface area contributed by atoms with Gasteiger partial charge in [-0.25, -0.2) is 9.50 Å². The molecule has 25 heavy (non-hydrogen) atoms. The molecule has 5 nitrogen and oxygen atoms in total. The molecule has 3 aromatic rings. The minimum atomic E-state index is -0.0510. The van der Waals surface area contributed by atoms with Crippen LogP contribution in [0.2, 0.25) is 0 Å². The number of benzene rings is 1. The first-order valence-electron chi connectivity index (χ1n) is 8.99. The number of rotatable bonds is 4. The summed E-state index contributed by atoms with van der Waals surface area (Å²) in [6.07, 6.45) is 9.16. The molecule has 5 heteroatoms. The fourth-order valence-corrected chi connectivity index (χ4v) is 3.82. The first-order valence-corrected chi connectivity index (χ1v) is 8.99. The molecule has 0 spiro atoms. The second-order valence-corrected chi connectivity index (χ2v) is 6.87. The number of aromatic amines is 1. The van der Waals surface area contributed by atoms with E-state index in [-0.39, 0.29) is 5.56 Å². The summed E-state index contributed by atoms with van der Waals surface area (Å²) in [5, 5.41) is 3.02. The van der Waals surface area contributed by atoms with Crippen molar-refractivity contribution in [2.24, 2.45) is 5.92 Å². The maximum absolute atomic E-state index is 12.5. The second kappa shape index (κ2) is 6.75. The van der Waals surface area contributed by atoms with Gasteiger partial charge in [-0.1, -0.05) is 44.2 Å². The predicted octanol–water partition coefficient (Wildman–Crippen LogP) is 3.82. The molecule has 2 heterocycles. The molecule has 0 unspecified atom stereocenters. The van der Waals surface area contributed by atoms with Crippen LogP contribution in [0.5, 0.6) is 5.75 Å². The number of aromatic nitrogens is 3. The normalized spacial score (nSPS) is 15.6. The van der Waals surface area contributed by atoms with Crippen molar-refractivity contribution in [3.05, 3.63) is 52.6 Å². The average Bonchev–Trinajstić information content (AvgIpc) is 3.07. The number of hydrogen-bond acceptors (Lipinski definition) is 3. The Labute approximate surface area is 146 Å². The Morgan fingerprint density at radius 2 is 2.08 bits per heavy atom. The van der Waals surface area contributed by atoms with Gasteiger partial charge < -0.3 is 4.74 Å². The van der Waals surface area contributed by atoms with Gasteiger partial charge in [0, 0.05) is 23.5 Å². The van der Waals surface area contributed by atoms with Crippen molar-refractivity contribution < 1.29 is 4.74 Å². The highest BCUT2D eigenvalue weighted by atomic mass is 16.5. The highest BCUT2D eigenvalue weighted by Crippen LogP contribution is 2.28. The maximum atomic E-state index is 12.5. The Hall–Kier alpha value is -2.56. The number of nitrogens with one attached hydrogen (secondary N) is 1. The quantitative estimate of drug-likeness (QED) is 0.787. The van der Waals surface area contributed by atoms with E-state index < -0.39 is 0 Å². The third-order valence-electron chi connectivity index (χ3n) is 5.15. The number of ether oxygens (including phenoxy) is 1. The smallest absolute Gasteiger partial charge is 0.272 e. The molecule has 0 atom stereocenters. The van der Waals surface area contributed by atoms with Gasteiger partial charge in [-0.05, 0) is 30.0 Å². The van der Waals surface area contributed by atoms with E-state index >= 15 is 0 Å². The lowest BCUT2D eigenvalue weighted by Crippen LogP contribution is -2.18. The van der Waals surface area contributed by atoms with E-state index in [9.17, 15) is 4.79 Å². The molecule has 4 rings (SSSR count). The predicted molar refractivity (Wildman–Crippen MR) is 98.1 cm³/mol. The second-order valence-electron chi connectivity index (χ2n) is 6.87. The monoisotopic (exact) mass is 337 g/mol. The molecule has 1 aliphatic carbocycles. The summed E-state index contributed by atoms with van der Waals surface area (Å²) in [5.41, 5.74) is 3.44. The van der Waals surface area contributed by atoms with Crippen molar-refractivity contribution in [2.45, 2.75) is 38.5 Å². The molecule has 1 saturated carbocycles. The van der Waals surface area contributed by atoms with Gasteiger partial charge in [0.25, 0.3) is 5.56 Å². The van der Waals surface area contributed by atoms with E-state index in [0.717, 1.165) is 29.0 Å². The highest BCUT2D eigenvalue weighted by molar-refractivity contribution is 5.77. The molecule has 0 saturated heterocycles. The van der Waals surface area contributed by atoms with Crippen LogP contribution in [0.15, 0.2) is 41.3 Å². The van der Waals surface area contributed by atoms with Gasteiger partial charge in [-0.15, -0.1) is 0 Å². The molecular formula is C20H23N3O2. The van der Waals surface area contributed by atoms with E-state index in [4.69, 9.17) is 9.72 Å². The summed E-state index contributed by atoms with van der Waals surface area (Å²) >= 11 is 0. The van der Waals surface area contributed by atoms with Crippen LogP contribution in [-0.4, -0.2) is 21.7 Å². The molecule has 0 aliphatic heterocycles. The lowest BCUT2D eigenvalue weighted by atomic mass is 9.86. The first kappa shape index (κ1) is 15.9. The van der Waals surface area contributed by atoms with Crippen LogP contribution in [0.25, 0.3) is 16.8 Å². The number of fused-ring (bicyclic) bond motifs is 1. The molecule has 130 valence electrons. The Kier molecular flexibility index (Phi) is 4.30. The fourth-order valence-electron chi connectivity index (χ4n) is 3.82. The molecular weight excluding hydrogens is 314 g/mol. The largest absolute Gasteiger partial charge is 0.497 e. The van der Waals surface area contributed by atoms with Crippen LogP contribution < -0.4 is 10.3 Å². The number of hydrogen-bond donors (Lipinski definition) is 1. The summed E-state index contributed by atoms with van der Waals surface area (Å²) in [4.78, 5) is 17.3. The van der Waals surface area contributed by atoms with Crippen LogP contribution in [0, 0.1) is 5.92 Å². The minimum Gasteiger partial charge on any atom is -0.497 e. The zero-order valence-electron chi connectivity index (χ0n) is 14.5. The summed E-state index contributed by atoms with van der Waals surface area (Å²) in [7, 11) is 1.65. The lowest BCUT2D eigenvalue weighted by molar-refractivity contribution is 0.354. The van der Waals surface area contributed by atoms with Gasteiger partial charge in [-0.3, -0.25) is 9.89 Å². The van der Waals surface area contributed by atoms with Gasteiger partial charge in [0.15, 0.2) is 5.65 Å². The number of nitrogens with zero attached hydrogens (tertiary/aromatic N) is 2. The van der Waals surface area contributed by atoms with Gasteiger partial charge in [-0.2, -0.15) is 0 Å². The van der Waals surface area contributed by atoms with Crippen molar-refractivity contribution in [3.8, 4) is 16.9 Å². The molecule has 1 aromatic carbocycles. The van der Waals surface area contributed by atoms with Crippen molar-refractivity contribution in [1.29, 1.82) is 0 Å². The first-order chi connectivity index (χ1) is 12.2. The van der Waals surface area contributed by atoms with Crippen LogP contribution in [0.3, 0.4) is 0 Å². The van der Waals surface area contributed by atoms with E-state index in [1.54, 1.807) is 13.2 Å². The average molecular weight is 337 g/mol. The van der Waals surface area contributed by atoms with Crippen molar-refractivity contribution in [1.82, 2.24) is 14.6 Å². The zero-order chi connectivity index (χ0) is 17.2. The Balaban J connectivity index is 1.74. The van der Waals surface area contributed by atoms with Gasteiger partial charge in [0.05, 0.1) is 7.11 Å². The molecule has 0 amide bonds. The molecule has 0 radical (unpaired) electrons. The third kappa shape index (κ3) is 3.18. The summed E-state index contributed by atoms with van der Waals surface area (Å²) in [6.45, 7) is 0. The van der Waals surface area contributed by atoms with E-state index in [2.05, 4.69) is 5.10 Å². The number of methoxy groups -OCH3 is 1. The van der Waals surface area contributed by atoms with Crippen molar-refractivity contribution in [2.75, 3.05) is 7.11 Å². The van der Waals surface area contributed by atoms with E-state index in [1.165, 1.54) is 36.6 Å². The van der Waals surface area contributed by atoms with E-state index in [0.29, 0.717) is 11.6 Å². The van der Waals surface area contributed by atoms with Gasteiger partial charge >= 0.3 is 0 Å². The topological polar surface area (TPSA) is 59.4 Å². The molecule has 0 bridgehead atoms. The SMILES string of the molecule is COc1cccc(-c2c[nH]n3c(=O)cc(CC4CCCCC4)nc23)c1. The Bertz CT molecular complexity index is 936. The van der Waals surface area contributed by atoms with Crippen molar-refractivity contribution in [3.63, 3.8) is 0 Å². The zero-order valence-corrected chi connectivity index (χ0v) is 14.5. The van der Waals surface area contributed by atoms with Crippen LogP contribution in [0.4, 0.5) is 0 Å². The summed E-state index contributed by atoms with van der Waals surface area (Å²) in [5.74, 6) is 1.44. The minimum absolute atomic E-state index is 0.0510. The van der Waals surface area contributed by atoms with Gasteiger partial charge in [0.2, 0.25) is 0 Å². The van der Waals surface area contributed by atoms with Crippen LogP contribution >= 0.6 is 0 Å². The van der Waals surface area contributed by atoms with Gasteiger partial charge in [0.1, 0.15) is 5.75 Å². The van der Waals surface area contributed by atoms with Crippen LogP contribution in [-0.2, 0) is 6.42 Å². The summed E-state index contributed by atoms with van der Waals surface area (Å²) < 4.78 is 6.83. The lowest BCUT2D eigenvalue weighted by Gasteiger charge is -2.20. The third-order valence-corrected chi connectivity index (χ3v) is 5.15. The summed E-state index contributed by atoms with van der Waals surface area (Å²) in [6, 6.07) is 9.50. The number of H-pyrrole nitrogens is 1. The van der Waals surface area contributed by atoms with E-state index in [1.807, 2.05) is 30.5 Å².